The number of aryl methyl sites for hydroxylation is 3. The van der Waals surface area contributed by atoms with Crippen LogP contribution in [-0.2, 0) is 20.0 Å². The molecule has 1 N–H and O–H groups in total. The van der Waals surface area contributed by atoms with Crippen LogP contribution >= 0.6 is 11.3 Å². The Kier molecular flexibility index (Phi) is 4.42. The number of rotatable bonds is 5. The molecule has 2 heterocycles. The highest BCUT2D eigenvalue weighted by atomic mass is 32.1. The van der Waals surface area contributed by atoms with Crippen LogP contribution in [0.2, 0.25) is 0 Å². The number of nitrogens with one attached hydrogen (secondary N) is 1. The van der Waals surface area contributed by atoms with Crippen LogP contribution in [0.4, 0.5) is 0 Å². The third-order valence-electron chi connectivity index (χ3n) is 3.70. The van der Waals surface area contributed by atoms with Crippen LogP contribution in [0.1, 0.15) is 46.6 Å². The molecule has 1 unspecified atom stereocenters. The first-order valence-electron chi connectivity index (χ1n) is 6.84. The van der Waals surface area contributed by atoms with E-state index in [2.05, 4.69) is 50.2 Å². The van der Waals surface area contributed by atoms with Crippen LogP contribution < -0.4 is 5.32 Å². The molecule has 0 aromatic carbocycles. The van der Waals surface area contributed by atoms with E-state index in [1.807, 2.05) is 23.1 Å². The van der Waals surface area contributed by atoms with Gasteiger partial charge in [-0.05, 0) is 39.3 Å². The summed E-state index contributed by atoms with van der Waals surface area (Å²) in [5, 5.41) is 8.06. The van der Waals surface area contributed by atoms with Gasteiger partial charge >= 0.3 is 0 Å². The van der Waals surface area contributed by atoms with Gasteiger partial charge in [0.2, 0.25) is 0 Å². The molecule has 0 spiro atoms. The maximum atomic E-state index is 4.46. The van der Waals surface area contributed by atoms with Crippen LogP contribution in [0.15, 0.2) is 12.1 Å². The molecular weight excluding hydrogens is 254 g/mol. The summed E-state index contributed by atoms with van der Waals surface area (Å²) in [5.41, 5.74) is 3.69. The summed E-state index contributed by atoms with van der Waals surface area (Å²) in [6.45, 7) is 9.52. The zero-order valence-electron chi connectivity index (χ0n) is 12.4. The third-order valence-corrected chi connectivity index (χ3v) is 5.11. The van der Waals surface area contributed by atoms with Gasteiger partial charge in [-0.1, -0.05) is 6.92 Å². The number of nitrogens with zero attached hydrogens (tertiary/aromatic N) is 2. The summed E-state index contributed by atoms with van der Waals surface area (Å²) in [6, 6.07) is 4.87. The average Bonchev–Trinajstić information content (AvgIpc) is 2.94. The van der Waals surface area contributed by atoms with Crippen molar-refractivity contribution >= 4 is 11.3 Å². The molecule has 4 heteroatoms. The van der Waals surface area contributed by atoms with Crippen molar-refractivity contribution < 1.29 is 0 Å². The Morgan fingerprint density at radius 2 is 2.11 bits per heavy atom. The van der Waals surface area contributed by atoms with Gasteiger partial charge in [-0.15, -0.1) is 11.3 Å². The van der Waals surface area contributed by atoms with Crippen LogP contribution in [0, 0.1) is 13.8 Å². The summed E-state index contributed by atoms with van der Waals surface area (Å²) < 4.78 is 1.96. The molecule has 0 saturated heterocycles. The Balaban J connectivity index is 2.02. The number of hydrogen-bond acceptors (Lipinski definition) is 3. The van der Waals surface area contributed by atoms with E-state index in [-0.39, 0.29) is 0 Å². The molecule has 0 aliphatic carbocycles. The topological polar surface area (TPSA) is 29.9 Å². The lowest BCUT2D eigenvalue weighted by atomic mass is 10.2. The minimum atomic E-state index is 0.393. The van der Waals surface area contributed by atoms with E-state index in [9.17, 15) is 0 Å². The van der Waals surface area contributed by atoms with Gasteiger partial charge in [-0.2, -0.15) is 5.10 Å². The lowest BCUT2D eigenvalue weighted by molar-refractivity contribution is 0.579. The molecule has 2 rings (SSSR count). The van der Waals surface area contributed by atoms with Crippen molar-refractivity contribution in [3.8, 4) is 0 Å². The van der Waals surface area contributed by atoms with Crippen molar-refractivity contribution in [2.24, 2.45) is 7.05 Å². The zero-order chi connectivity index (χ0) is 14.0. The fourth-order valence-electron chi connectivity index (χ4n) is 2.25. The van der Waals surface area contributed by atoms with Crippen molar-refractivity contribution in [3.63, 3.8) is 0 Å². The van der Waals surface area contributed by atoms with E-state index in [0.717, 1.165) is 18.7 Å². The maximum absolute atomic E-state index is 4.46. The van der Waals surface area contributed by atoms with Crippen molar-refractivity contribution in [2.75, 3.05) is 0 Å². The van der Waals surface area contributed by atoms with Crippen molar-refractivity contribution in [1.82, 2.24) is 15.1 Å². The molecule has 0 saturated carbocycles. The van der Waals surface area contributed by atoms with E-state index in [1.54, 1.807) is 0 Å². The highest BCUT2D eigenvalue weighted by molar-refractivity contribution is 7.12. The average molecular weight is 277 g/mol. The minimum absolute atomic E-state index is 0.393. The highest BCUT2D eigenvalue weighted by Crippen LogP contribution is 2.24. The lowest BCUT2D eigenvalue weighted by Crippen LogP contribution is -2.18. The second kappa shape index (κ2) is 5.88. The Hall–Kier alpha value is -1.13. The van der Waals surface area contributed by atoms with Gasteiger partial charge in [0.05, 0.1) is 5.69 Å². The quantitative estimate of drug-likeness (QED) is 0.906. The molecule has 104 valence electrons. The molecule has 2 aromatic rings. The second-order valence-corrected chi connectivity index (χ2v) is 6.23. The largest absolute Gasteiger partial charge is 0.305 e. The molecule has 0 radical (unpaired) electrons. The normalized spacial score (nSPS) is 12.9. The molecule has 0 fully saturated rings. The molecule has 0 aliphatic heterocycles. The summed E-state index contributed by atoms with van der Waals surface area (Å²) in [6.07, 6.45) is 1.12. The lowest BCUT2D eigenvalue weighted by Gasteiger charge is -2.12. The second-order valence-electron chi connectivity index (χ2n) is 5.03. The van der Waals surface area contributed by atoms with E-state index in [1.165, 1.54) is 21.0 Å². The first kappa shape index (κ1) is 14.3. The fraction of sp³-hybridized carbons (Fsp3) is 0.533. The van der Waals surface area contributed by atoms with Gasteiger partial charge in [0.1, 0.15) is 0 Å². The Bertz CT molecular complexity index is 554. The molecule has 3 nitrogen and oxygen atoms in total. The smallest absolute Gasteiger partial charge is 0.0641 e. The van der Waals surface area contributed by atoms with E-state index >= 15 is 0 Å². The standard InChI is InChI=1S/C15H23N3S/c1-6-13-7-8-15(19-13)11(3)16-9-14-10(2)17-18(5)12(14)4/h7-8,11,16H,6,9H2,1-5H3. The molecule has 0 aliphatic rings. The van der Waals surface area contributed by atoms with E-state index in [4.69, 9.17) is 0 Å². The minimum Gasteiger partial charge on any atom is -0.305 e. The Morgan fingerprint density at radius 3 is 2.63 bits per heavy atom. The van der Waals surface area contributed by atoms with Crippen molar-refractivity contribution in [3.05, 3.63) is 38.8 Å². The molecule has 2 aromatic heterocycles. The zero-order valence-corrected chi connectivity index (χ0v) is 13.3. The van der Waals surface area contributed by atoms with Crippen LogP contribution in [0.5, 0.6) is 0 Å². The summed E-state index contributed by atoms with van der Waals surface area (Å²) in [5.74, 6) is 0. The van der Waals surface area contributed by atoms with Crippen LogP contribution in [0.25, 0.3) is 0 Å². The number of hydrogen-bond donors (Lipinski definition) is 1. The molecular formula is C15H23N3S. The predicted octanol–water partition coefficient (Wildman–Crippen LogP) is 3.51. The van der Waals surface area contributed by atoms with Gasteiger partial charge in [0.25, 0.3) is 0 Å². The van der Waals surface area contributed by atoms with Crippen molar-refractivity contribution in [1.29, 1.82) is 0 Å². The fourth-order valence-corrected chi connectivity index (χ4v) is 3.23. The van der Waals surface area contributed by atoms with Gasteiger partial charge in [-0.25, -0.2) is 0 Å². The molecule has 0 bridgehead atoms. The highest BCUT2D eigenvalue weighted by Gasteiger charge is 2.12. The summed E-state index contributed by atoms with van der Waals surface area (Å²) in [4.78, 5) is 2.87. The summed E-state index contributed by atoms with van der Waals surface area (Å²) in [7, 11) is 2.00. The maximum Gasteiger partial charge on any atom is 0.0641 e. The van der Waals surface area contributed by atoms with Gasteiger partial charge in [-0.3, -0.25) is 4.68 Å². The number of aromatic nitrogens is 2. The monoisotopic (exact) mass is 277 g/mol. The Morgan fingerprint density at radius 1 is 1.37 bits per heavy atom. The predicted molar refractivity (Wildman–Crippen MR) is 81.6 cm³/mol. The first-order valence-corrected chi connectivity index (χ1v) is 7.65. The SMILES string of the molecule is CCc1ccc(C(C)NCc2c(C)nn(C)c2C)s1. The molecule has 0 amide bonds. The van der Waals surface area contributed by atoms with E-state index < -0.39 is 0 Å². The third kappa shape index (κ3) is 3.07. The van der Waals surface area contributed by atoms with Gasteiger partial charge in [0, 0.05) is 40.6 Å². The van der Waals surface area contributed by atoms with Gasteiger partial charge in [0.15, 0.2) is 0 Å². The van der Waals surface area contributed by atoms with Crippen molar-refractivity contribution in [2.45, 2.75) is 46.7 Å². The molecule has 19 heavy (non-hydrogen) atoms. The summed E-state index contributed by atoms with van der Waals surface area (Å²) >= 11 is 1.91. The van der Waals surface area contributed by atoms with Gasteiger partial charge < -0.3 is 5.32 Å². The molecule has 1 atom stereocenters. The van der Waals surface area contributed by atoms with Crippen LogP contribution in [0.3, 0.4) is 0 Å². The first-order chi connectivity index (χ1) is 9.02. The van der Waals surface area contributed by atoms with Crippen LogP contribution in [-0.4, -0.2) is 9.78 Å². The number of thiophene rings is 1. The Labute approximate surface area is 119 Å². The van der Waals surface area contributed by atoms with E-state index in [0.29, 0.717) is 6.04 Å².